The van der Waals surface area contributed by atoms with E-state index >= 15 is 0 Å². The van der Waals surface area contributed by atoms with E-state index in [-0.39, 0.29) is 18.1 Å². The van der Waals surface area contributed by atoms with Crippen molar-refractivity contribution in [2.45, 2.75) is 6.42 Å². The zero-order chi connectivity index (χ0) is 15.9. The molecule has 1 amide bonds. The third-order valence-corrected chi connectivity index (χ3v) is 3.17. The summed E-state index contributed by atoms with van der Waals surface area (Å²) < 4.78 is 4.99. The van der Waals surface area contributed by atoms with Crippen LogP contribution in [0, 0.1) is 0 Å². The number of halogens is 1. The molecule has 0 radical (unpaired) electrons. The highest BCUT2D eigenvalue weighted by Gasteiger charge is 2.05. The van der Waals surface area contributed by atoms with Crippen LogP contribution in [-0.2, 0) is 11.2 Å². The van der Waals surface area contributed by atoms with E-state index in [2.05, 4.69) is 10.5 Å². The van der Waals surface area contributed by atoms with Crippen molar-refractivity contribution in [2.24, 2.45) is 5.10 Å². The number of methoxy groups -OCH3 is 1. The van der Waals surface area contributed by atoms with E-state index in [1.54, 1.807) is 42.5 Å². The number of carbonyl (C=O) groups is 1. The monoisotopic (exact) mass is 318 g/mol. The summed E-state index contributed by atoms with van der Waals surface area (Å²) in [7, 11) is 1.46. The number of aromatic hydroxyl groups is 1. The number of nitrogens with zero attached hydrogens (tertiary/aromatic N) is 1. The van der Waals surface area contributed by atoms with E-state index in [1.165, 1.54) is 13.3 Å². The van der Waals surface area contributed by atoms with Crippen LogP contribution in [0.4, 0.5) is 0 Å². The van der Waals surface area contributed by atoms with Crippen molar-refractivity contribution in [3.8, 4) is 11.5 Å². The third-order valence-electron chi connectivity index (χ3n) is 2.92. The molecule has 22 heavy (non-hydrogen) atoms. The zero-order valence-corrected chi connectivity index (χ0v) is 12.7. The zero-order valence-electron chi connectivity index (χ0n) is 11.9. The molecule has 2 rings (SSSR count). The number of carbonyl (C=O) groups excluding carboxylic acids is 1. The molecule has 6 heteroatoms. The van der Waals surface area contributed by atoms with Gasteiger partial charge in [-0.2, -0.15) is 5.10 Å². The van der Waals surface area contributed by atoms with E-state index in [0.29, 0.717) is 16.3 Å². The number of ether oxygens (including phenoxy) is 1. The van der Waals surface area contributed by atoms with Gasteiger partial charge >= 0.3 is 0 Å². The fourth-order valence-electron chi connectivity index (χ4n) is 1.81. The van der Waals surface area contributed by atoms with Gasteiger partial charge in [-0.1, -0.05) is 29.8 Å². The van der Waals surface area contributed by atoms with Gasteiger partial charge in [0.1, 0.15) is 0 Å². The fourth-order valence-corrected chi connectivity index (χ4v) is 1.94. The molecule has 0 heterocycles. The van der Waals surface area contributed by atoms with Gasteiger partial charge in [-0.15, -0.1) is 0 Å². The highest BCUT2D eigenvalue weighted by atomic mass is 35.5. The van der Waals surface area contributed by atoms with Gasteiger partial charge in [0.25, 0.3) is 0 Å². The Hall–Kier alpha value is -2.53. The minimum Gasteiger partial charge on any atom is -0.504 e. The largest absolute Gasteiger partial charge is 0.504 e. The van der Waals surface area contributed by atoms with Crippen molar-refractivity contribution in [3.05, 3.63) is 58.6 Å². The maximum atomic E-state index is 11.8. The summed E-state index contributed by atoms with van der Waals surface area (Å²) in [4.78, 5) is 11.8. The molecule has 0 unspecified atom stereocenters. The minimum atomic E-state index is -0.263. The lowest BCUT2D eigenvalue weighted by atomic mass is 10.1. The summed E-state index contributed by atoms with van der Waals surface area (Å²) in [5, 5.41) is 14.3. The molecule has 2 aromatic rings. The van der Waals surface area contributed by atoms with Crippen LogP contribution in [0.5, 0.6) is 11.5 Å². The van der Waals surface area contributed by atoms with E-state index in [4.69, 9.17) is 16.3 Å². The van der Waals surface area contributed by atoms with Gasteiger partial charge < -0.3 is 9.84 Å². The van der Waals surface area contributed by atoms with Crippen molar-refractivity contribution in [3.63, 3.8) is 0 Å². The van der Waals surface area contributed by atoms with Crippen LogP contribution in [0.1, 0.15) is 11.1 Å². The number of para-hydroxylation sites is 1. The number of amides is 1. The standard InChI is InChI=1S/C16H15ClN2O3/c1-22-14-4-2-3-12(16(14)21)10-18-19-15(20)9-11-5-7-13(17)8-6-11/h2-8,10,21H,9H2,1H3,(H,19,20)/b18-10+. The van der Waals surface area contributed by atoms with Crippen molar-refractivity contribution in [1.29, 1.82) is 0 Å². The minimum absolute atomic E-state index is 0.0271. The quantitative estimate of drug-likeness (QED) is 0.658. The molecule has 0 saturated carbocycles. The summed E-state index contributed by atoms with van der Waals surface area (Å²) >= 11 is 5.78. The molecule has 0 saturated heterocycles. The number of benzene rings is 2. The molecule has 0 fully saturated rings. The molecule has 5 nitrogen and oxygen atoms in total. The van der Waals surface area contributed by atoms with Gasteiger partial charge in [0.2, 0.25) is 5.91 Å². The second kappa shape index (κ2) is 7.47. The smallest absolute Gasteiger partial charge is 0.244 e. The Bertz CT molecular complexity index is 684. The van der Waals surface area contributed by atoms with Crippen LogP contribution >= 0.6 is 11.6 Å². The molecule has 0 aliphatic rings. The average molecular weight is 319 g/mol. The normalized spacial score (nSPS) is 10.6. The number of rotatable bonds is 5. The maximum Gasteiger partial charge on any atom is 0.244 e. The van der Waals surface area contributed by atoms with E-state index < -0.39 is 0 Å². The molecule has 114 valence electrons. The Morgan fingerprint density at radius 1 is 1.32 bits per heavy atom. The second-order valence-corrected chi connectivity index (χ2v) is 4.93. The first-order valence-electron chi connectivity index (χ1n) is 6.52. The molecule has 0 bridgehead atoms. The Kier molecular flexibility index (Phi) is 5.38. The number of nitrogens with one attached hydrogen (secondary N) is 1. The van der Waals surface area contributed by atoms with Gasteiger partial charge in [-0.25, -0.2) is 5.43 Å². The first kappa shape index (κ1) is 15.9. The highest BCUT2D eigenvalue weighted by molar-refractivity contribution is 6.30. The second-order valence-electron chi connectivity index (χ2n) is 4.49. The van der Waals surface area contributed by atoms with Crippen molar-refractivity contribution < 1.29 is 14.6 Å². The molecular formula is C16H15ClN2O3. The Labute approximate surface area is 133 Å². The van der Waals surface area contributed by atoms with Crippen LogP contribution in [0.15, 0.2) is 47.6 Å². The fraction of sp³-hybridized carbons (Fsp3) is 0.125. The van der Waals surface area contributed by atoms with Crippen molar-refractivity contribution >= 4 is 23.7 Å². The molecule has 0 spiro atoms. The molecule has 0 aliphatic carbocycles. The van der Waals surface area contributed by atoms with E-state index in [1.807, 2.05) is 0 Å². The summed E-state index contributed by atoms with van der Waals surface area (Å²) in [6, 6.07) is 12.0. The van der Waals surface area contributed by atoms with Crippen molar-refractivity contribution in [2.75, 3.05) is 7.11 Å². The lowest BCUT2D eigenvalue weighted by Gasteiger charge is -2.05. The van der Waals surface area contributed by atoms with Gasteiger partial charge in [-0.05, 0) is 29.8 Å². The van der Waals surface area contributed by atoms with Crippen molar-refractivity contribution in [1.82, 2.24) is 5.43 Å². The third kappa shape index (κ3) is 4.23. The molecular weight excluding hydrogens is 304 g/mol. The number of phenolic OH excluding ortho intramolecular Hbond substituents is 1. The predicted molar refractivity (Wildman–Crippen MR) is 85.6 cm³/mol. The number of hydrogen-bond acceptors (Lipinski definition) is 4. The summed E-state index contributed by atoms with van der Waals surface area (Å²) in [6.07, 6.45) is 1.55. The number of hydrogen-bond donors (Lipinski definition) is 2. The highest BCUT2D eigenvalue weighted by Crippen LogP contribution is 2.27. The van der Waals surface area contributed by atoms with Crippen LogP contribution in [0.3, 0.4) is 0 Å². The van der Waals surface area contributed by atoms with Gasteiger partial charge in [0.15, 0.2) is 11.5 Å². The maximum absolute atomic E-state index is 11.8. The SMILES string of the molecule is COc1cccc(/C=N/NC(=O)Cc2ccc(Cl)cc2)c1O. The van der Waals surface area contributed by atoms with Crippen LogP contribution in [0.2, 0.25) is 5.02 Å². The summed E-state index contributed by atoms with van der Waals surface area (Å²) in [5.74, 6) is 0.0538. The van der Waals surface area contributed by atoms with E-state index in [0.717, 1.165) is 5.56 Å². The molecule has 0 atom stereocenters. The molecule has 2 aromatic carbocycles. The first-order chi connectivity index (χ1) is 10.6. The van der Waals surface area contributed by atoms with Crippen LogP contribution in [-0.4, -0.2) is 24.3 Å². The average Bonchev–Trinajstić information content (AvgIpc) is 2.51. The van der Waals surface area contributed by atoms with Gasteiger partial charge in [0, 0.05) is 10.6 Å². The topological polar surface area (TPSA) is 70.9 Å². The Morgan fingerprint density at radius 2 is 2.05 bits per heavy atom. The number of hydrazone groups is 1. The summed E-state index contributed by atoms with van der Waals surface area (Å²) in [6.45, 7) is 0. The van der Waals surface area contributed by atoms with Gasteiger partial charge in [0.05, 0.1) is 19.7 Å². The lowest BCUT2D eigenvalue weighted by molar-refractivity contribution is -0.120. The Morgan fingerprint density at radius 3 is 2.73 bits per heavy atom. The lowest BCUT2D eigenvalue weighted by Crippen LogP contribution is -2.19. The number of phenols is 1. The Balaban J connectivity index is 1.94. The first-order valence-corrected chi connectivity index (χ1v) is 6.90. The molecule has 0 aliphatic heterocycles. The molecule has 2 N–H and O–H groups in total. The summed E-state index contributed by atoms with van der Waals surface area (Å²) in [5.41, 5.74) is 3.69. The van der Waals surface area contributed by atoms with Gasteiger partial charge in [-0.3, -0.25) is 4.79 Å². The van der Waals surface area contributed by atoms with Crippen LogP contribution < -0.4 is 10.2 Å². The van der Waals surface area contributed by atoms with Crippen LogP contribution in [0.25, 0.3) is 0 Å². The van der Waals surface area contributed by atoms with E-state index in [9.17, 15) is 9.90 Å². The predicted octanol–water partition coefficient (Wildman–Crippen LogP) is 2.75. The molecule has 0 aromatic heterocycles.